The van der Waals surface area contributed by atoms with Gasteiger partial charge in [0.05, 0.1) is 11.9 Å². The number of hydrogen-bond acceptors (Lipinski definition) is 6. The van der Waals surface area contributed by atoms with Crippen LogP contribution in [0.15, 0.2) is 54.7 Å². The predicted octanol–water partition coefficient (Wildman–Crippen LogP) is 4.66. The van der Waals surface area contributed by atoms with Crippen molar-refractivity contribution in [2.24, 2.45) is 5.73 Å². The van der Waals surface area contributed by atoms with Gasteiger partial charge in [-0.1, -0.05) is 12.1 Å². The molecule has 3 heterocycles. The lowest BCUT2D eigenvalue weighted by Crippen LogP contribution is -2.33. The first-order valence-electron chi connectivity index (χ1n) is 10.9. The summed E-state index contributed by atoms with van der Waals surface area (Å²) in [5.41, 5.74) is 10.2. The van der Waals surface area contributed by atoms with Crippen LogP contribution in [0.4, 0.5) is 21.7 Å². The Morgan fingerprint density at radius 3 is 2.56 bits per heavy atom. The molecular weight excluding hydrogens is 405 g/mol. The second-order valence-electron chi connectivity index (χ2n) is 8.37. The zero-order valence-corrected chi connectivity index (χ0v) is 17.9. The van der Waals surface area contributed by atoms with Crippen molar-refractivity contribution in [1.29, 1.82) is 0 Å². The van der Waals surface area contributed by atoms with Gasteiger partial charge in [-0.25, -0.2) is 18.9 Å². The van der Waals surface area contributed by atoms with E-state index < -0.39 is 0 Å². The van der Waals surface area contributed by atoms with Gasteiger partial charge in [0.2, 0.25) is 0 Å². The fourth-order valence-electron chi connectivity index (χ4n) is 4.11. The number of imidazole rings is 1. The van der Waals surface area contributed by atoms with Crippen LogP contribution in [-0.4, -0.2) is 31.7 Å². The summed E-state index contributed by atoms with van der Waals surface area (Å²) in [4.78, 5) is 8.70. The van der Waals surface area contributed by atoms with Gasteiger partial charge in [-0.3, -0.25) is 0 Å². The Kier molecular flexibility index (Phi) is 5.45. The van der Waals surface area contributed by atoms with E-state index in [1.54, 1.807) is 6.07 Å². The van der Waals surface area contributed by atoms with Crippen LogP contribution in [0.5, 0.6) is 0 Å². The van der Waals surface area contributed by atoms with Gasteiger partial charge in [0.15, 0.2) is 17.3 Å². The van der Waals surface area contributed by atoms with Crippen molar-refractivity contribution >= 4 is 23.0 Å². The fourth-order valence-corrected chi connectivity index (χ4v) is 4.11. The van der Waals surface area contributed by atoms with Crippen LogP contribution in [0.3, 0.4) is 0 Å². The Labute approximate surface area is 185 Å². The van der Waals surface area contributed by atoms with E-state index >= 15 is 0 Å². The molecule has 4 aromatic rings. The minimum absolute atomic E-state index is 0.216. The maximum Gasteiger partial charge on any atom is 0.166 e. The molecule has 1 aliphatic rings. The summed E-state index contributed by atoms with van der Waals surface area (Å²) in [6.07, 6.45) is 6.01. The van der Waals surface area contributed by atoms with Gasteiger partial charge in [0.1, 0.15) is 5.82 Å². The van der Waals surface area contributed by atoms with E-state index in [0.717, 1.165) is 59.8 Å². The smallest absolute Gasteiger partial charge is 0.166 e. The number of anilines is 3. The van der Waals surface area contributed by atoms with Gasteiger partial charge in [0, 0.05) is 29.0 Å². The highest BCUT2D eigenvalue weighted by molar-refractivity contribution is 5.67. The van der Waals surface area contributed by atoms with E-state index in [-0.39, 0.29) is 11.6 Å². The van der Waals surface area contributed by atoms with Crippen molar-refractivity contribution in [3.8, 4) is 11.3 Å². The highest BCUT2D eigenvalue weighted by Gasteiger charge is 2.19. The molecule has 0 aliphatic heterocycles. The van der Waals surface area contributed by atoms with Crippen LogP contribution in [0.25, 0.3) is 16.9 Å². The third-order valence-electron chi connectivity index (χ3n) is 5.91. The monoisotopic (exact) mass is 431 g/mol. The Bertz CT molecular complexity index is 1230. The fraction of sp³-hybridized carbons (Fsp3) is 0.292. The van der Waals surface area contributed by atoms with Crippen LogP contribution >= 0.6 is 0 Å². The number of rotatable bonds is 5. The molecule has 1 aliphatic carbocycles. The lowest BCUT2D eigenvalue weighted by Gasteiger charge is -2.27. The first-order chi connectivity index (χ1) is 15.5. The molecule has 3 aromatic heterocycles. The number of fused-ring (bicyclic) bond motifs is 1. The first kappa shape index (κ1) is 20.4. The van der Waals surface area contributed by atoms with Crippen molar-refractivity contribution in [3.05, 3.63) is 66.2 Å². The number of halogens is 1. The molecule has 32 heavy (non-hydrogen) atoms. The molecule has 1 saturated carbocycles. The largest absolute Gasteiger partial charge is 0.366 e. The summed E-state index contributed by atoms with van der Waals surface area (Å²) in [5.74, 6) is 0.663. The zero-order chi connectivity index (χ0) is 22.1. The number of hydrogen-bond donors (Lipinski definition) is 3. The standard InChI is InChI=1S/C24H26FN7/c1-15-2-11-20(25)24(28-15)30-19-7-3-16(4-8-19)21-14-27-23-13-12-22(31-32(21)23)29-18-9-5-17(26)6-10-18/h2-4,7-8,11-14,17-18H,5-6,9-10,26H2,1H3,(H,28,30)(H,29,31)/t17-,18-. The van der Waals surface area contributed by atoms with E-state index in [1.807, 2.05) is 54.0 Å². The molecule has 7 nitrogen and oxygen atoms in total. The molecule has 0 amide bonds. The van der Waals surface area contributed by atoms with Crippen molar-refractivity contribution in [2.45, 2.75) is 44.7 Å². The van der Waals surface area contributed by atoms with Crippen LogP contribution < -0.4 is 16.4 Å². The van der Waals surface area contributed by atoms with Gasteiger partial charge in [-0.05, 0) is 69.0 Å². The number of nitrogens with one attached hydrogen (secondary N) is 2. The number of benzene rings is 1. The van der Waals surface area contributed by atoms with Crippen molar-refractivity contribution in [1.82, 2.24) is 19.6 Å². The van der Waals surface area contributed by atoms with Crippen molar-refractivity contribution in [3.63, 3.8) is 0 Å². The van der Waals surface area contributed by atoms with Gasteiger partial charge >= 0.3 is 0 Å². The number of aryl methyl sites for hydroxylation is 1. The van der Waals surface area contributed by atoms with E-state index in [9.17, 15) is 4.39 Å². The summed E-state index contributed by atoms with van der Waals surface area (Å²) in [6.45, 7) is 1.83. The normalized spacial score (nSPS) is 18.6. The lowest BCUT2D eigenvalue weighted by atomic mass is 9.92. The molecule has 0 radical (unpaired) electrons. The Hall–Kier alpha value is -3.52. The minimum atomic E-state index is -0.384. The predicted molar refractivity (Wildman–Crippen MR) is 124 cm³/mol. The quantitative estimate of drug-likeness (QED) is 0.425. The third-order valence-corrected chi connectivity index (χ3v) is 5.91. The number of nitrogens with two attached hydrogens (primary N) is 1. The molecule has 0 unspecified atom stereocenters. The Morgan fingerprint density at radius 2 is 1.78 bits per heavy atom. The number of nitrogens with zero attached hydrogens (tertiary/aromatic N) is 4. The van der Waals surface area contributed by atoms with Gasteiger partial charge in [-0.2, -0.15) is 0 Å². The summed E-state index contributed by atoms with van der Waals surface area (Å²) in [5, 5.41) is 11.4. The van der Waals surface area contributed by atoms with E-state index in [1.165, 1.54) is 6.07 Å². The van der Waals surface area contributed by atoms with E-state index in [2.05, 4.69) is 20.6 Å². The molecule has 8 heteroatoms. The highest BCUT2D eigenvalue weighted by atomic mass is 19.1. The number of pyridine rings is 1. The average Bonchev–Trinajstić information content (AvgIpc) is 3.22. The van der Waals surface area contributed by atoms with E-state index in [0.29, 0.717) is 12.1 Å². The minimum Gasteiger partial charge on any atom is -0.366 e. The Morgan fingerprint density at radius 1 is 1.00 bits per heavy atom. The Balaban J connectivity index is 1.36. The van der Waals surface area contributed by atoms with Crippen molar-refractivity contribution in [2.75, 3.05) is 10.6 Å². The van der Waals surface area contributed by atoms with Crippen LogP contribution in [0.1, 0.15) is 31.4 Å². The SMILES string of the molecule is Cc1ccc(F)c(Nc2ccc(-c3cnc4ccc(N[C@H]5CC[C@H](N)CC5)nn34)cc2)n1. The van der Waals surface area contributed by atoms with Gasteiger partial charge in [-0.15, -0.1) is 5.10 Å². The highest BCUT2D eigenvalue weighted by Crippen LogP contribution is 2.26. The molecule has 0 saturated heterocycles. The summed E-state index contributed by atoms with van der Waals surface area (Å²) in [6, 6.07) is 15.4. The summed E-state index contributed by atoms with van der Waals surface area (Å²) >= 11 is 0. The molecule has 0 spiro atoms. The third kappa shape index (κ3) is 4.27. The van der Waals surface area contributed by atoms with Crippen LogP contribution in [-0.2, 0) is 0 Å². The van der Waals surface area contributed by atoms with Crippen LogP contribution in [0, 0.1) is 12.7 Å². The number of aromatic nitrogens is 4. The summed E-state index contributed by atoms with van der Waals surface area (Å²) in [7, 11) is 0. The topological polar surface area (TPSA) is 93.2 Å². The van der Waals surface area contributed by atoms with Gasteiger partial charge in [0.25, 0.3) is 0 Å². The van der Waals surface area contributed by atoms with E-state index in [4.69, 9.17) is 10.8 Å². The second-order valence-corrected chi connectivity index (χ2v) is 8.37. The zero-order valence-electron chi connectivity index (χ0n) is 17.9. The molecular formula is C24H26FN7. The first-order valence-corrected chi connectivity index (χ1v) is 10.9. The molecule has 0 atom stereocenters. The maximum absolute atomic E-state index is 14.0. The second kappa shape index (κ2) is 8.55. The molecule has 5 rings (SSSR count). The van der Waals surface area contributed by atoms with Gasteiger partial charge < -0.3 is 16.4 Å². The molecule has 1 aromatic carbocycles. The molecule has 164 valence electrons. The average molecular weight is 432 g/mol. The molecule has 0 bridgehead atoms. The lowest BCUT2D eigenvalue weighted by molar-refractivity contribution is 0.410. The molecule has 1 fully saturated rings. The van der Waals surface area contributed by atoms with Crippen LogP contribution in [0.2, 0.25) is 0 Å². The maximum atomic E-state index is 14.0. The van der Waals surface area contributed by atoms with Crippen molar-refractivity contribution < 1.29 is 4.39 Å². The molecule has 4 N–H and O–H groups in total. The summed E-state index contributed by atoms with van der Waals surface area (Å²) < 4.78 is 15.8.